The molecule has 6 rings (SSSR count). The number of hydrogen-bond acceptors (Lipinski definition) is 4. The number of ether oxygens (including phenoxy) is 1. The number of H-pyrrole nitrogens is 1. The van der Waals surface area contributed by atoms with E-state index in [9.17, 15) is 4.79 Å². The molecular formula is C27H18N4O2. The van der Waals surface area contributed by atoms with Crippen LogP contribution in [0.4, 0.5) is 0 Å². The lowest BCUT2D eigenvalue weighted by atomic mass is 10.1. The second-order valence-corrected chi connectivity index (χ2v) is 7.63. The molecule has 3 aromatic carbocycles. The molecule has 1 N–H and O–H groups in total. The highest BCUT2D eigenvalue weighted by Crippen LogP contribution is 2.30. The summed E-state index contributed by atoms with van der Waals surface area (Å²) < 4.78 is 7.77. The van der Waals surface area contributed by atoms with Gasteiger partial charge < -0.3 is 9.72 Å². The van der Waals surface area contributed by atoms with Gasteiger partial charge in [-0.2, -0.15) is 4.98 Å². The SMILES string of the molecule is O=c1[nH]c2ccccc2n1-c1nc(Oc2cccc(-c3ccccn3)c2)cc2ccccc12. The van der Waals surface area contributed by atoms with Crippen LogP contribution in [0, 0.1) is 0 Å². The molecule has 158 valence electrons. The Labute approximate surface area is 188 Å². The highest BCUT2D eigenvalue weighted by Gasteiger charge is 2.15. The fourth-order valence-corrected chi connectivity index (χ4v) is 4.02. The Bertz CT molecular complexity index is 1670. The van der Waals surface area contributed by atoms with E-state index < -0.39 is 0 Å². The van der Waals surface area contributed by atoms with Crippen molar-refractivity contribution in [3.8, 4) is 28.7 Å². The molecule has 0 amide bonds. The summed E-state index contributed by atoms with van der Waals surface area (Å²) >= 11 is 0. The van der Waals surface area contributed by atoms with Crippen LogP contribution < -0.4 is 10.4 Å². The van der Waals surface area contributed by atoms with Gasteiger partial charge in [0.15, 0.2) is 5.82 Å². The summed E-state index contributed by atoms with van der Waals surface area (Å²) in [6.45, 7) is 0. The average molecular weight is 430 g/mol. The minimum atomic E-state index is -0.247. The van der Waals surface area contributed by atoms with Crippen molar-refractivity contribution in [1.29, 1.82) is 0 Å². The third-order valence-electron chi connectivity index (χ3n) is 5.52. The number of aromatic amines is 1. The van der Waals surface area contributed by atoms with Crippen molar-refractivity contribution in [3.05, 3.63) is 114 Å². The monoisotopic (exact) mass is 430 g/mol. The summed E-state index contributed by atoms with van der Waals surface area (Å²) in [6.07, 6.45) is 1.76. The topological polar surface area (TPSA) is 72.8 Å². The fraction of sp³-hybridized carbons (Fsp3) is 0. The molecule has 0 saturated carbocycles. The second kappa shape index (κ2) is 7.76. The molecule has 0 aliphatic carbocycles. The average Bonchev–Trinajstić information content (AvgIpc) is 3.20. The van der Waals surface area contributed by atoms with E-state index in [0.29, 0.717) is 17.4 Å². The van der Waals surface area contributed by atoms with E-state index in [1.165, 1.54) is 0 Å². The van der Waals surface area contributed by atoms with Crippen LogP contribution >= 0.6 is 0 Å². The number of benzene rings is 3. The minimum Gasteiger partial charge on any atom is -0.439 e. The quantitative estimate of drug-likeness (QED) is 0.388. The van der Waals surface area contributed by atoms with E-state index >= 15 is 0 Å². The molecule has 0 aliphatic heterocycles. The van der Waals surface area contributed by atoms with Crippen LogP contribution in [0.1, 0.15) is 0 Å². The van der Waals surface area contributed by atoms with E-state index in [2.05, 4.69) is 9.97 Å². The van der Waals surface area contributed by atoms with Crippen molar-refractivity contribution in [2.75, 3.05) is 0 Å². The predicted octanol–water partition coefficient (Wildman–Crippen LogP) is 5.72. The zero-order chi connectivity index (χ0) is 22.2. The summed E-state index contributed by atoms with van der Waals surface area (Å²) in [7, 11) is 0. The van der Waals surface area contributed by atoms with Gasteiger partial charge in [0.1, 0.15) is 5.75 Å². The molecule has 0 fully saturated rings. The lowest BCUT2D eigenvalue weighted by Gasteiger charge is -2.12. The highest BCUT2D eigenvalue weighted by molar-refractivity contribution is 5.91. The van der Waals surface area contributed by atoms with Crippen LogP contribution in [0.25, 0.3) is 38.9 Å². The molecule has 3 heterocycles. The Morgan fingerprint density at radius 2 is 1.67 bits per heavy atom. The first-order chi connectivity index (χ1) is 16.3. The van der Waals surface area contributed by atoms with Gasteiger partial charge in [0.2, 0.25) is 5.88 Å². The van der Waals surface area contributed by atoms with Crippen LogP contribution in [-0.2, 0) is 0 Å². The van der Waals surface area contributed by atoms with Gasteiger partial charge in [-0.15, -0.1) is 0 Å². The summed E-state index contributed by atoms with van der Waals surface area (Å²) in [5, 5.41) is 1.79. The van der Waals surface area contributed by atoms with Gasteiger partial charge in [0.25, 0.3) is 0 Å². The smallest absolute Gasteiger partial charge is 0.332 e. The van der Waals surface area contributed by atoms with Crippen LogP contribution in [0.3, 0.4) is 0 Å². The minimum absolute atomic E-state index is 0.247. The van der Waals surface area contributed by atoms with Crippen LogP contribution in [0.15, 0.2) is 108 Å². The number of pyridine rings is 2. The number of para-hydroxylation sites is 2. The normalized spacial score (nSPS) is 11.2. The molecule has 0 radical (unpaired) electrons. The van der Waals surface area contributed by atoms with Gasteiger partial charge in [-0.1, -0.05) is 54.6 Å². The summed E-state index contributed by atoms with van der Waals surface area (Å²) in [6, 6.07) is 30.8. The van der Waals surface area contributed by atoms with Gasteiger partial charge in [-0.3, -0.25) is 4.98 Å². The van der Waals surface area contributed by atoms with Crippen molar-refractivity contribution < 1.29 is 4.74 Å². The number of aromatic nitrogens is 4. The molecule has 0 saturated heterocycles. The maximum Gasteiger partial charge on any atom is 0.332 e. The fourth-order valence-electron chi connectivity index (χ4n) is 4.02. The summed E-state index contributed by atoms with van der Waals surface area (Å²) in [5.74, 6) is 1.56. The maximum absolute atomic E-state index is 12.9. The molecule has 3 aromatic heterocycles. The molecule has 0 aliphatic rings. The molecular weight excluding hydrogens is 412 g/mol. The zero-order valence-corrected chi connectivity index (χ0v) is 17.5. The first-order valence-electron chi connectivity index (χ1n) is 10.6. The zero-order valence-electron chi connectivity index (χ0n) is 17.5. The van der Waals surface area contributed by atoms with Gasteiger partial charge in [-0.25, -0.2) is 9.36 Å². The molecule has 0 unspecified atom stereocenters. The van der Waals surface area contributed by atoms with Crippen molar-refractivity contribution in [3.63, 3.8) is 0 Å². The van der Waals surface area contributed by atoms with Gasteiger partial charge in [-0.05, 0) is 41.8 Å². The van der Waals surface area contributed by atoms with Gasteiger partial charge >= 0.3 is 5.69 Å². The number of nitrogens with one attached hydrogen (secondary N) is 1. The van der Waals surface area contributed by atoms with E-state index in [0.717, 1.165) is 33.1 Å². The van der Waals surface area contributed by atoms with Gasteiger partial charge in [0, 0.05) is 23.2 Å². The molecule has 33 heavy (non-hydrogen) atoms. The first-order valence-corrected chi connectivity index (χ1v) is 10.6. The van der Waals surface area contributed by atoms with E-state index in [-0.39, 0.29) is 5.69 Å². The first kappa shape index (κ1) is 19.0. The van der Waals surface area contributed by atoms with E-state index in [4.69, 9.17) is 9.72 Å². The third kappa shape index (κ3) is 3.43. The Balaban J connectivity index is 1.49. The number of hydrogen-bond donors (Lipinski definition) is 1. The largest absolute Gasteiger partial charge is 0.439 e. The Kier molecular flexibility index (Phi) is 4.47. The van der Waals surface area contributed by atoms with Crippen molar-refractivity contribution in [2.24, 2.45) is 0 Å². The van der Waals surface area contributed by atoms with E-state index in [1.54, 1.807) is 10.8 Å². The number of fused-ring (bicyclic) bond motifs is 2. The Hall–Kier alpha value is -4.71. The third-order valence-corrected chi connectivity index (χ3v) is 5.52. The van der Waals surface area contributed by atoms with Crippen molar-refractivity contribution in [2.45, 2.75) is 0 Å². The lowest BCUT2D eigenvalue weighted by molar-refractivity contribution is 0.463. The molecule has 6 heteroatoms. The standard InChI is InChI=1S/C27H18N4O2/c32-27-29-23-13-3-4-14-24(23)31(27)26-21-11-2-1-8-18(21)17-25(30-26)33-20-10-7-9-19(16-20)22-12-5-6-15-28-22/h1-17H,(H,29,32). The summed E-state index contributed by atoms with van der Waals surface area (Å²) in [4.78, 5) is 24.9. The highest BCUT2D eigenvalue weighted by atomic mass is 16.5. The van der Waals surface area contributed by atoms with Crippen LogP contribution in [0.2, 0.25) is 0 Å². The Morgan fingerprint density at radius 3 is 2.58 bits per heavy atom. The Morgan fingerprint density at radius 1 is 0.818 bits per heavy atom. The number of nitrogens with zero attached hydrogens (tertiary/aromatic N) is 3. The molecule has 6 aromatic rings. The number of imidazole rings is 1. The van der Waals surface area contributed by atoms with Crippen LogP contribution in [-0.4, -0.2) is 19.5 Å². The second-order valence-electron chi connectivity index (χ2n) is 7.63. The lowest BCUT2D eigenvalue weighted by Crippen LogP contribution is -2.16. The predicted molar refractivity (Wildman–Crippen MR) is 129 cm³/mol. The van der Waals surface area contributed by atoms with E-state index in [1.807, 2.05) is 97.1 Å². The molecule has 0 atom stereocenters. The van der Waals surface area contributed by atoms with Crippen molar-refractivity contribution in [1.82, 2.24) is 19.5 Å². The van der Waals surface area contributed by atoms with Crippen LogP contribution in [0.5, 0.6) is 11.6 Å². The van der Waals surface area contributed by atoms with Crippen molar-refractivity contribution >= 4 is 21.8 Å². The number of rotatable bonds is 4. The maximum atomic E-state index is 12.9. The molecule has 0 spiro atoms. The summed E-state index contributed by atoms with van der Waals surface area (Å²) in [5.41, 5.74) is 3.07. The molecule has 0 bridgehead atoms. The van der Waals surface area contributed by atoms with Gasteiger partial charge in [0.05, 0.1) is 16.7 Å². The molecule has 6 nitrogen and oxygen atoms in total.